The molecule has 0 saturated heterocycles. The number of halogens is 1. The number of carbonyl (C=O) groups is 2. The lowest BCUT2D eigenvalue weighted by atomic mass is 10.1. The first-order chi connectivity index (χ1) is 13.0. The van der Waals surface area contributed by atoms with E-state index in [0.29, 0.717) is 29.6 Å². The van der Waals surface area contributed by atoms with Gasteiger partial charge in [-0.2, -0.15) is 0 Å². The fourth-order valence-electron chi connectivity index (χ4n) is 2.27. The summed E-state index contributed by atoms with van der Waals surface area (Å²) in [6.07, 6.45) is 0. The van der Waals surface area contributed by atoms with Gasteiger partial charge in [-0.05, 0) is 29.3 Å². The highest BCUT2D eigenvalue weighted by Crippen LogP contribution is 2.14. The van der Waals surface area contributed by atoms with Crippen molar-refractivity contribution >= 4 is 29.4 Å². The molecule has 0 aromatic heterocycles. The number of primary amides is 1. The van der Waals surface area contributed by atoms with Crippen molar-refractivity contribution in [2.75, 3.05) is 13.6 Å². The molecule has 7 nitrogen and oxygen atoms in total. The molecule has 2 amide bonds. The van der Waals surface area contributed by atoms with Crippen LogP contribution < -0.4 is 21.7 Å². The third-order valence-corrected chi connectivity index (χ3v) is 4.10. The number of rotatable bonds is 7. The minimum Gasteiger partial charge on any atom is -0.368 e. The van der Waals surface area contributed by atoms with Crippen LogP contribution in [0.3, 0.4) is 0 Å². The largest absolute Gasteiger partial charge is 0.368 e. The quantitative estimate of drug-likeness (QED) is 0.425. The molecule has 0 fully saturated rings. The predicted molar refractivity (Wildman–Crippen MR) is 106 cm³/mol. The molecule has 0 atom stereocenters. The normalized spacial score (nSPS) is 11.0. The van der Waals surface area contributed by atoms with Crippen LogP contribution in [0.1, 0.15) is 21.5 Å². The second-order valence-corrected chi connectivity index (χ2v) is 6.12. The van der Waals surface area contributed by atoms with Crippen LogP contribution in [-0.4, -0.2) is 31.4 Å². The van der Waals surface area contributed by atoms with Crippen LogP contribution in [0.2, 0.25) is 5.02 Å². The van der Waals surface area contributed by atoms with E-state index in [4.69, 9.17) is 17.3 Å². The number of hydrogen-bond donors (Lipinski definition) is 4. The molecule has 27 heavy (non-hydrogen) atoms. The first-order valence-electron chi connectivity index (χ1n) is 8.33. The summed E-state index contributed by atoms with van der Waals surface area (Å²) >= 11 is 6.15. The zero-order valence-corrected chi connectivity index (χ0v) is 15.7. The first kappa shape index (κ1) is 20.3. The molecule has 2 aromatic rings. The van der Waals surface area contributed by atoms with Crippen LogP contribution in [0.25, 0.3) is 0 Å². The lowest BCUT2D eigenvalue weighted by Gasteiger charge is -2.13. The van der Waals surface area contributed by atoms with E-state index < -0.39 is 5.91 Å². The molecule has 0 bridgehead atoms. The van der Waals surface area contributed by atoms with Gasteiger partial charge in [0.15, 0.2) is 5.96 Å². The van der Waals surface area contributed by atoms with Gasteiger partial charge in [-0.3, -0.25) is 14.6 Å². The summed E-state index contributed by atoms with van der Waals surface area (Å²) in [6, 6.07) is 14.6. The minimum absolute atomic E-state index is 0.185. The highest BCUT2D eigenvalue weighted by atomic mass is 35.5. The van der Waals surface area contributed by atoms with Crippen molar-refractivity contribution in [2.45, 2.75) is 13.1 Å². The summed E-state index contributed by atoms with van der Waals surface area (Å²) in [7, 11) is 1.69. The third-order valence-electron chi connectivity index (χ3n) is 3.73. The van der Waals surface area contributed by atoms with Gasteiger partial charge in [-0.25, -0.2) is 0 Å². The van der Waals surface area contributed by atoms with Crippen LogP contribution in [-0.2, 0) is 17.9 Å². The number of nitrogens with zero attached hydrogens (tertiary/aromatic N) is 1. The molecule has 2 rings (SSSR count). The fourth-order valence-corrected chi connectivity index (χ4v) is 2.47. The molecular weight excluding hydrogens is 366 g/mol. The zero-order valence-electron chi connectivity index (χ0n) is 15.0. The molecule has 0 saturated carbocycles. The smallest absolute Gasteiger partial charge is 0.251 e. The lowest BCUT2D eigenvalue weighted by molar-refractivity contribution is -0.117. The zero-order chi connectivity index (χ0) is 19.6. The van der Waals surface area contributed by atoms with Gasteiger partial charge in [-0.1, -0.05) is 41.9 Å². The van der Waals surface area contributed by atoms with Crippen LogP contribution in [0, 0.1) is 0 Å². The number of carbonyl (C=O) groups excluding carboxylic acids is 2. The molecule has 8 heteroatoms. The molecule has 2 aromatic carbocycles. The number of amides is 2. The average molecular weight is 388 g/mol. The van der Waals surface area contributed by atoms with Crippen molar-refractivity contribution in [1.82, 2.24) is 16.0 Å². The highest BCUT2D eigenvalue weighted by molar-refractivity contribution is 6.31. The van der Waals surface area contributed by atoms with E-state index in [2.05, 4.69) is 20.9 Å². The van der Waals surface area contributed by atoms with E-state index in [1.165, 1.54) is 0 Å². The van der Waals surface area contributed by atoms with E-state index in [9.17, 15) is 9.59 Å². The van der Waals surface area contributed by atoms with Crippen molar-refractivity contribution < 1.29 is 9.59 Å². The number of aliphatic imine (C=N–C) groups is 1. The Morgan fingerprint density at radius 2 is 1.67 bits per heavy atom. The number of benzene rings is 2. The summed E-state index contributed by atoms with van der Waals surface area (Å²) in [6.45, 7) is 0.902. The predicted octanol–water partition coefficient (Wildman–Crippen LogP) is 1.42. The Bertz CT molecular complexity index is 821. The fraction of sp³-hybridized carbons (Fsp3) is 0.211. The van der Waals surface area contributed by atoms with Crippen molar-refractivity contribution in [3.8, 4) is 0 Å². The molecule has 0 aliphatic rings. The topological polar surface area (TPSA) is 109 Å². The maximum Gasteiger partial charge on any atom is 0.251 e. The molecule has 0 aliphatic carbocycles. The molecular formula is C19H22ClN5O2. The van der Waals surface area contributed by atoms with E-state index in [1.807, 2.05) is 36.4 Å². The number of guanidine groups is 1. The molecule has 0 spiro atoms. The number of nitrogens with two attached hydrogens (primary N) is 1. The minimum atomic E-state index is -0.583. The average Bonchev–Trinajstić information content (AvgIpc) is 2.68. The van der Waals surface area contributed by atoms with Gasteiger partial charge in [0.1, 0.15) is 0 Å². The van der Waals surface area contributed by atoms with E-state index in [1.54, 1.807) is 19.2 Å². The Hall–Kier alpha value is -3.06. The van der Waals surface area contributed by atoms with Crippen LogP contribution >= 0.6 is 11.6 Å². The summed E-state index contributed by atoms with van der Waals surface area (Å²) in [5.41, 5.74) is 7.42. The summed E-state index contributed by atoms with van der Waals surface area (Å²) < 4.78 is 0. The molecule has 142 valence electrons. The van der Waals surface area contributed by atoms with Gasteiger partial charge in [0.25, 0.3) is 5.91 Å². The molecule has 0 radical (unpaired) electrons. The van der Waals surface area contributed by atoms with Gasteiger partial charge in [0, 0.05) is 30.7 Å². The monoisotopic (exact) mass is 387 g/mol. The first-order valence-corrected chi connectivity index (χ1v) is 8.70. The summed E-state index contributed by atoms with van der Waals surface area (Å²) in [4.78, 5) is 26.7. The number of nitrogens with one attached hydrogen (secondary N) is 3. The van der Waals surface area contributed by atoms with E-state index in [-0.39, 0.29) is 12.5 Å². The third kappa shape index (κ3) is 6.63. The maximum atomic E-state index is 11.8. The standard InChI is InChI=1S/C19H22ClN5O2/c1-22-19(25-11-15-4-2-3-5-16(15)20)24-10-13-6-8-14(9-7-13)18(27)23-12-17(21)26/h2-9H,10-12H2,1H3,(H2,21,26)(H,23,27)(H2,22,24,25). The SMILES string of the molecule is CN=C(NCc1ccc(C(=O)NCC(N)=O)cc1)NCc1ccccc1Cl. The Balaban J connectivity index is 1.84. The van der Waals surface area contributed by atoms with Crippen molar-refractivity contribution in [3.05, 3.63) is 70.2 Å². The van der Waals surface area contributed by atoms with E-state index in [0.717, 1.165) is 11.1 Å². The Labute approximate surface area is 163 Å². The summed E-state index contributed by atoms with van der Waals surface area (Å²) in [5.74, 6) is -0.288. The van der Waals surface area contributed by atoms with Crippen LogP contribution in [0.4, 0.5) is 0 Å². The van der Waals surface area contributed by atoms with Crippen molar-refractivity contribution in [1.29, 1.82) is 0 Å². The van der Waals surface area contributed by atoms with Crippen LogP contribution in [0.15, 0.2) is 53.5 Å². The molecule has 0 heterocycles. The Morgan fingerprint density at radius 3 is 2.30 bits per heavy atom. The molecule has 5 N–H and O–H groups in total. The number of hydrogen-bond acceptors (Lipinski definition) is 3. The van der Waals surface area contributed by atoms with Gasteiger partial charge >= 0.3 is 0 Å². The van der Waals surface area contributed by atoms with Crippen molar-refractivity contribution in [3.63, 3.8) is 0 Å². The Morgan fingerprint density at radius 1 is 1.00 bits per heavy atom. The van der Waals surface area contributed by atoms with Gasteiger partial charge in [0.2, 0.25) is 5.91 Å². The van der Waals surface area contributed by atoms with E-state index >= 15 is 0 Å². The van der Waals surface area contributed by atoms with Gasteiger partial charge < -0.3 is 21.7 Å². The van der Waals surface area contributed by atoms with Crippen molar-refractivity contribution in [2.24, 2.45) is 10.7 Å². The Kier molecular flexibility index (Phi) is 7.63. The van der Waals surface area contributed by atoms with Crippen LogP contribution in [0.5, 0.6) is 0 Å². The maximum absolute atomic E-state index is 11.8. The second-order valence-electron chi connectivity index (χ2n) is 5.72. The summed E-state index contributed by atoms with van der Waals surface area (Å²) in [5, 5.41) is 9.54. The molecule has 0 unspecified atom stereocenters. The highest BCUT2D eigenvalue weighted by Gasteiger charge is 2.07. The molecule has 0 aliphatic heterocycles. The lowest BCUT2D eigenvalue weighted by Crippen LogP contribution is -2.36. The van der Waals surface area contributed by atoms with Gasteiger partial charge in [0.05, 0.1) is 6.54 Å². The second kappa shape index (κ2) is 10.2. The van der Waals surface area contributed by atoms with Gasteiger partial charge in [-0.15, -0.1) is 0 Å².